The van der Waals surface area contributed by atoms with Gasteiger partial charge in [-0.15, -0.1) is 0 Å². The summed E-state index contributed by atoms with van der Waals surface area (Å²) in [5.41, 5.74) is 0. The molecule has 4 nitrogen and oxygen atoms in total. The summed E-state index contributed by atoms with van der Waals surface area (Å²) in [6, 6.07) is 0.584. The summed E-state index contributed by atoms with van der Waals surface area (Å²) in [4.78, 5) is 14.1. The van der Waals surface area contributed by atoms with Crippen LogP contribution in [0.25, 0.3) is 0 Å². The minimum Gasteiger partial charge on any atom is -0.355 e. The number of nitrogens with one attached hydrogen (secondary N) is 2. The van der Waals surface area contributed by atoms with Crippen LogP contribution in [0, 0.1) is 0 Å². The zero-order valence-electron chi connectivity index (χ0n) is 12.0. The maximum Gasteiger partial charge on any atom is 0.234 e. The Morgan fingerprint density at radius 1 is 1.39 bits per heavy atom. The molecular formula is C14H29N3O. The van der Waals surface area contributed by atoms with E-state index < -0.39 is 0 Å². The molecule has 0 bridgehead atoms. The lowest BCUT2D eigenvalue weighted by atomic mass is 10.2. The molecule has 1 aliphatic heterocycles. The van der Waals surface area contributed by atoms with Crippen LogP contribution < -0.4 is 10.6 Å². The molecule has 0 saturated carbocycles. The van der Waals surface area contributed by atoms with E-state index in [1.54, 1.807) is 0 Å². The quantitative estimate of drug-likeness (QED) is 0.654. The first-order valence-electron chi connectivity index (χ1n) is 7.48. The molecule has 1 aliphatic rings. The lowest BCUT2D eigenvalue weighted by Gasteiger charge is -2.25. The molecular weight excluding hydrogens is 226 g/mol. The summed E-state index contributed by atoms with van der Waals surface area (Å²) >= 11 is 0. The second-order valence-corrected chi connectivity index (χ2v) is 5.23. The molecule has 4 heteroatoms. The van der Waals surface area contributed by atoms with E-state index in [0.29, 0.717) is 12.6 Å². The van der Waals surface area contributed by atoms with Crippen molar-refractivity contribution in [2.45, 2.75) is 52.0 Å². The highest BCUT2D eigenvalue weighted by molar-refractivity contribution is 5.77. The van der Waals surface area contributed by atoms with E-state index in [0.717, 1.165) is 32.6 Å². The lowest BCUT2D eigenvalue weighted by Crippen LogP contribution is -2.43. The molecule has 0 aliphatic carbocycles. The van der Waals surface area contributed by atoms with Gasteiger partial charge in [0.25, 0.3) is 0 Å². The average Bonchev–Trinajstić information content (AvgIpc) is 2.86. The van der Waals surface area contributed by atoms with Crippen LogP contribution in [0.15, 0.2) is 0 Å². The van der Waals surface area contributed by atoms with Gasteiger partial charge in [0, 0.05) is 19.1 Å². The third-order valence-electron chi connectivity index (χ3n) is 3.41. The number of unbranched alkanes of at least 4 members (excludes halogenated alkanes) is 1. The van der Waals surface area contributed by atoms with E-state index in [2.05, 4.69) is 29.4 Å². The Bertz CT molecular complexity index is 227. The van der Waals surface area contributed by atoms with Gasteiger partial charge in [-0.25, -0.2) is 0 Å². The lowest BCUT2D eigenvalue weighted by molar-refractivity contribution is -0.122. The van der Waals surface area contributed by atoms with Gasteiger partial charge in [0.15, 0.2) is 0 Å². The fourth-order valence-electron chi connectivity index (χ4n) is 2.36. The fourth-order valence-corrected chi connectivity index (χ4v) is 2.36. The summed E-state index contributed by atoms with van der Waals surface area (Å²) < 4.78 is 0. The first-order valence-corrected chi connectivity index (χ1v) is 7.48. The molecule has 106 valence electrons. The standard InChI is InChI=1S/C14H29N3O/c1-3-5-10-17(11-13-7-6-9-15-13)12-14(18)16-8-4-2/h13,15H,3-12H2,1-2H3,(H,16,18). The van der Waals surface area contributed by atoms with Gasteiger partial charge >= 0.3 is 0 Å². The molecule has 1 rings (SSSR count). The van der Waals surface area contributed by atoms with Crippen LogP contribution in [-0.2, 0) is 4.79 Å². The van der Waals surface area contributed by atoms with Gasteiger partial charge in [-0.1, -0.05) is 20.3 Å². The van der Waals surface area contributed by atoms with Gasteiger partial charge < -0.3 is 10.6 Å². The van der Waals surface area contributed by atoms with Crippen molar-refractivity contribution in [2.75, 3.05) is 32.7 Å². The van der Waals surface area contributed by atoms with Gasteiger partial charge in [0.2, 0.25) is 5.91 Å². The van der Waals surface area contributed by atoms with Crippen molar-refractivity contribution in [3.05, 3.63) is 0 Å². The number of carbonyl (C=O) groups is 1. The molecule has 1 heterocycles. The normalized spacial score (nSPS) is 19.4. The third kappa shape index (κ3) is 6.36. The molecule has 18 heavy (non-hydrogen) atoms. The number of nitrogens with zero attached hydrogens (tertiary/aromatic N) is 1. The average molecular weight is 255 g/mol. The fraction of sp³-hybridized carbons (Fsp3) is 0.929. The zero-order valence-corrected chi connectivity index (χ0v) is 12.0. The Hall–Kier alpha value is -0.610. The van der Waals surface area contributed by atoms with Crippen molar-refractivity contribution in [1.29, 1.82) is 0 Å². The first kappa shape index (κ1) is 15.4. The monoisotopic (exact) mass is 255 g/mol. The molecule has 0 spiro atoms. The van der Waals surface area contributed by atoms with Crippen molar-refractivity contribution in [3.63, 3.8) is 0 Å². The Balaban J connectivity index is 2.31. The van der Waals surface area contributed by atoms with Crippen LogP contribution in [-0.4, -0.2) is 49.6 Å². The third-order valence-corrected chi connectivity index (χ3v) is 3.41. The predicted octanol–water partition coefficient (Wildman–Crippen LogP) is 1.37. The van der Waals surface area contributed by atoms with Crippen LogP contribution in [0.3, 0.4) is 0 Å². The molecule has 1 amide bonds. The van der Waals surface area contributed by atoms with Crippen LogP contribution in [0.5, 0.6) is 0 Å². The van der Waals surface area contributed by atoms with Crippen molar-refractivity contribution < 1.29 is 4.79 Å². The Morgan fingerprint density at radius 3 is 2.83 bits per heavy atom. The Labute approximate surface area is 111 Å². The highest BCUT2D eigenvalue weighted by atomic mass is 16.2. The van der Waals surface area contributed by atoms with Gasteiger partial charge in [-0.05, 0) is 38.8 Å². The van der Waals surface area contributed by atoms with Crippen LogP contribution in [0.4, 0.5) is 0 Å². The molecule has 0 aromatic heterocycles. The van der Waals surface area contributed by atoms with E-state index >= 15 is 0 Å². The highest BCUT2D eigenvalue weighted by Crippen LogP contribution is 2.07. The minimum atomic E-state index is 0.172. The molecule has 0 aromatic rings. The van der Waals surface area contributed by atoms with E-state index in [9.17, 15) is 4.79 Å². The highest BCUT2D eigenvalue weighted by Gasteiger charge is 2.19. The van der Waals surface area contributed by atoms with Crippen molar-refractivity contribution in [1.82, 2.24) is 15.5 Å². The second-order valence-electron chi connectivity index (χ2n) is 5.23. The van der Waals surface area contributed by atoms with Crippen LogP contribution >= 0.6 is 0 Å². The largest absolute Gasteiger partial charge is 0.355 e. The summed E-state index contributed by atoms with van der Waals surface area (Å²) in [6.07, 6.45) is 5.89. The predicted molar refractivity (Wildman–Crippen MR) is 75.7 cm³/mol. The molecule has 2 N–H and O–H groups in total. The SMILES string of the molecule is CCCCN(CC(=O)NCCC)CC1CCCN1. The maximum absolute atomic E-state index is 11.8. The Morgan fingerprint density at radius 2 is 2.22 bits per heavy atom. The number of amides is 1. The van der Waals surface area contributed by atoms with Gasteiger partial charge in [0.05, 0.1) is 6.54 Å². The van der Waals surface area contributed by atoms with Crippen molar-refractivity contribution in [3.8, 4) is 0 Å². The summed E-state index contributed by atoms with van der Waals surface area (Å²) in [5, 5.41) is 6.47. The number of carbonyl (C=O) groups excluding carboxylic acids is 1. The van der Waals surface area contributed by atoms with E-state index in [1.165, 1.54) is 25.7 Å². The Kier molecular flexibility index (Phi) is 8.01. The zero-order chi connectivity index (χ0) is 13.2. The van der Waals surface area contributed by atoms with Crippen molar-refractivity contribution >= 4 is 5.91 Å². The van der Waals surface area contributed by atoms with Crippen LogP contribution in [0.2, 0.25) is 0 Å². The van der Waals surface area contributed by atoms with E-state index in [4.69, 9.17) is 0 Å². The molecule has 0 radical (unpaired) electrons. The second kappa shape index (κ2) is 9.34. The molecule has 1 fully saturated rings. The van der Waals surface area contributed by atoms with Gasteiger partial charge in [-0.2, -0.15) is 0 Å². The van der Waals surface area contributed by atoms with E-state index in [-0.39, 0.29) is 5.91 Å². The van der Waals surface area contributed by atoms with Crippen molar-refractivity contribution in [2.24, 2.45) is 0 Å². The number of hydrogen-bond donors (Lipinski definition) is 2. The number of hydrogen-bond acceptors (Lipinski definition) is 3. The van der Waals surface area contributed by atoms with Gasteiger partial charge in [0.1, 0.15) is 0 Å². The molecule has 1 saturated heterocycles. The molecule has 1 atom stereocenters. The number of rotatable bonds is 9. The minimum absolute atomic E-state index is 0.172. The first-order chi connectivity index (χ1) is 8.76. The maximum atomic E-state index is 11.8. The topological polar surface area (TPSA) is 44.4 Å². The van der Waals surface area contributed by atoms with Gasteiger partial charge in [-0.3, -0.25) is 9.69 Å². The molecule has 1 unspecified atom stereocenters. The smallest absolute Gasteiger partial charge is 0.234 e. The summed E-state index contributed by atoms with van der Waals surface area (Å²) in [7, 11) is 0. The molecule has 0 aromatic carbocycles. The summed E-state index contributed by atoms with van der Waals surface area (Å²) in [5.74, 6) is 0.172. The van der Waals surface area contributed by atoms with E-state index in [1.807, 2.05) is 0 Å². The summed E-state index contributed by atoms with van der Waals surface area (Å²) in [6.45, 7) is 8.81. The van der Waals surface area contributed by atoms with Crippen LogP contribution in [0.1, 0.15) is 46.0 Å².